The molecule has 35 heavy (non-hydrogen) atoms. The second kappa shape index (κ2) is 10.6. The fraction of sp³-hybridized carbons (Fsp3) is 0.692. The summed E-state index contributed by atoms with van der Waals surface area (Å²) in [5.41, 5.74) is 2.11. The lowest BCUT2D eigenvalue weighted by Gasteiger charge is -2.37. The van der Waals surface area contributed by atoms with E-state index >= 15 is 4.39 Å². The number of halogens is 3. The van der Waals surface area contributed by atoms with Crippen molar-refractivity contribution < 1.29 is 27.5 Å². The summed E-state index contributed by atoms with van der Waals surface area (Å²) in [4.78, 5) is 25.7. The average Bonchev–Trinajstić information content (AvgIpc) is 3.27. The van der Waals surface area contributed by atoms with Crippen molar-refractivity contribution in [3.05, 3.63) is 34.6 Å². The maximum atomic E-state index is 15.6. The number of imide groups is 1. The van der Waals surface area contributed by atoms with E-state index in [0.717, 1.165) is 31.2 Å². The van der Waals surface area contributed by atoms with Gasteiger partial charge in [0.25, 0.3) is 0 Å². The van der Waals surface area contributed by atoms with E-state index in [0.29, 0.717) is 62.9 Å². The number of piperidine rings is 1. The Bertz CT molecular complexity index is 951. The van der Waals surface area contributed by atoms with Crippen LogP contribution in [0.1, 0.15) is 68.1 Å². The molecule has 3 atom stereocenters. The summed E-state index contributed by atoms with van der Waals surface area (Å²) in [5, 5.41) is 6.03. The van der Waals surface area contributed by atoms with Crippen molar-refractivity contribution in [2.24, 2.45) is 5.92 Å². The van der Waals surface area contributed by atoms with Crippen molar-refractivity contribution in [2.75, 3.05) is 6.61 Å². The number of benzene rings is 1. The summed E-state index contributed by atoms with van der Waals surface area (Å²) < 4.78 is 47.7. The van der Waals surface area contributed by atoms with E-state index in [-0.39, 0.29) is 35.8 Å². The zero-order valence-electron chi connectivity index (χ0n) is 19.9. The maximum absolute atomic E-state index is 15.6. The number of fused-ring (bicyclic) bond motifs is 1. The van der Waals surface area contributed by atoms with Gasteiger partial charge in [-0.3, -0.25) is 19.8 Å². The molecule has 1 aromatic carbocycles. The van der Waals surface area contributed by atoms with E-state index in [1.165, 1.54) is 0 Å². The summed E-state index contributed by atoms with van der Waals surface area (Å²) in [5.74, 6) is -1.29. The minimum atomic E-state index is -2.24. The number of ether oxygens (including phenoxy) is 1. The van der Waals surface area contributed by atoms with Crippen LogP contribution in [-0.4, -0.2) is 54.0 Å². The van der Waals surface area contributed by atoms with Crippen molar-refractivity contribution >= 4 is 11.8 Å². The number of hydrogen-bond acceptors (Lipinski definition) is 5. The maximum Gasteiger partial charge on any atom is 0.243 e. The van der Waals surface area contributed by atoms with Gasteiger partial charge in [0.1, 0.15) is 5.82 Å². The SMILES string of the molecule is O=C1CC[C@H](N2Cc3ccc(C[C@H]4OCCC[C@@H]4N[C@H]4CC[C@@H](C(F)F)CC4)c(F)c3C2)C(=O)N1. The van der Waals surface area contributed by atoms with Crippen LogP contribution in [0.4, 0.5) is 13.2 Å². The van der Waals surface area contributed by atoms with Gasteiger partial charge in [-0.15, -0.1) is 0 Å². The van der Waals surface area contributed by atoms with Gasteiger partial charge in [-0.1, -0.05) is 12.1 Å². The second-order valence-corrected chi connectivity index (χ2v) is 10.5. The number of carbonyl (C=O) groups excluding carboxylic acids is 2. The van der Waals surface area contributed by atoms with Crippen molar-refractivity contribution in [2.45, 2.75) is 102 Å². The second-order valence-electron chi connectivity index (χ2n) is 10.5. The normalized spacial score (nSPS) is 32.1. The Balaban J connectivity index is 1.22. The first kappa shape index (κ1) is 24.7. The molecular weight excluding hydrogens is 459 g/mol. The molecule has 2 N–H and O–H groups in total. The van der Waals surface area contributed by atoms with E-state index in [1.807, 2.05) is 17.0 Å². The van der Waals surface area contributed by atoms with Crippen LogP contribution in [0.3, 0.4) is 0 Å². The highest BCUT2D eigenvalue weighted by molar-refractivity contribution is 6.00. The van der Waals surface area contributed by atoms with Crippen LogP contribution < -0.4 is 10.6 Å². The fourth-order valence-corrected chi connectivity index (χ4v) is 6.20. The molecule has 6 nitrogen and oxygen atoms in total. The lowest BCUT2D eigenvalue weighted by molar-refractivity contribution is -0.137. The van der Waals surface area contributed by atoms with Crippen LogP contribution in [0.25, 0.3) is 0 Å². The highest BCUT2D eigenvalue weighted by Gasteiger charge is 2.37. The summed E-state index contributed by atoms with van der Waals surface area (Å²) in [6, 6.07) is 3.62. The first-order chi connectivity index (χ1) is 16.9. The molecule has 5 rings (SSSR count). The minimum Gasteiger partial charge on any atom is -0.376 e. The zero-order chi connectivity index (χ0) is 24.5. The van der Waals surface area contributed by atoms with Gasteiger partial charge in [-0.2, -0.15) is 0 Å². The molecule has 0 unspecified atom stereocenters. The van der Waals surface area contributed by atoms with Gasteiger partial charge in [-0.05, 0) is 56.1 Å². The van der Waals surface area contributed by atoms with Crippen LogP contribution in [0, 0.1) is 11.7 Å². The van der Waals surface area contributed by atoms with Gasteiger partial charge in [0.2, 0.25) is 18.2 Å². The number of nitrogens with zero attached hydrogens (tertiary/aromatic N) is 1. The molecule has 192 valence electrons. The Labute approximate surface area is 203 Å². The number of nitrogens with one attached hydrogen (secondary N) is 2. The number of alkyl halides is 2. The molecule has 1 aromatic rings. The molecule has 1 saturated carbocycles. The number of carbonyl (C=O) groups is 2. The standard InChI is InChI=1S/C26H34F3N3O3/c27-24-16(3-4-17-13-32(14-19(17)24)21-9-10-23(33)31-26(21)34)12-22-20(2-1-11-35-22)30-18-7-5-15(6-8-18)25(28)29/h3-4,15,18,20-22,25,30H,1-2,5-14H2,(H,31,33,34)/t15-,18+,20-,21-,22+/m0/s1. The molecule has 3 heterocycles. The van der Waals surface area contributed by atoms with Crippen molar-refractivity contribution in [3.63, 3.8) is 0 Å². The molecular formula is C26H34F3N3O3. The minimum absolute atomic E-state index is 0.0736. The smallest absolute Gasteiger partial charge is 0.243 e. The number of amides is 2. The van der Waals surface area contributed by atoms with Crippen LogP contribution in [0.5, 0.6) is 0 Å². The van der Waals surface area contributed by atoms with E-state index in [4.69, 9.17) is 4.74 Å². The van der Waals surface area contributed by atoms with E-state index in [2.05, 4.69) is 10.6 Å². The monoisotopic (exact) mass is 493 g/mol. The number of rotatable bonds is 6. The third-order valence-corrected chi connectivity index (χ3v) is 8.24. The van der Waals surface area contributed by atoms with Crippen molar-refractivity contribution in [1.82, 2.24) is 15.5 Å². The molecule has 2 amide bonds. The largest absolute Gasteiger partial charge is 0.376 e. The highest BCUT2D eigenvalue weighted by Crippen LogP contribution is 2.33. The van der Waals surface area contributed by atoms with Gasteiger partial charge >= 0.3 is 0 Å². The molecule has 3 aliphatic heterocycles. The quantitative estimate of drug-likeness (QED) is 0.594. The topological polar surface area (TPSA) is 70.7 Å². The summed E-state index contributed by atoms with van der Waals surface area (Å²) in [7, 11) is 0. The van der Waals surface area contributed by atoms with E-state index in [9.17, 15) is 18.4 Å². The fourth-order valence-electron chi connectivity index (χ4n) is 6.20. The van der Waals surface area contributed by atoms with Gasteiger partial charge in [0.05, 0.1) is 12.1 Å². The first-order valence-electron chi connectivity index (χ1n) is 12.9. The van der Waals surface area contributed by atoms with Crippen LogP contribution >= 0.6 is 0 Å². The third kappa shape index (κ3) is 5.42. The molecule has 0 spiro atoms. The van der Waals surface area contributed by atoms with Crippen molar-refractivity contribution in [3.8, 4) is 0 Å². The molecule has 0 bridgehead atoms. The molecule has 0 radical (unpaired) electrons. The van der Waals surface area contributed by atoms with Crippen LogP contribution in [-0.2, 0) is 33.8 Å². The van der Waals surface area contributed by atoms with Crippen molar-refractivity contribution in [1.29, 1.82) is 0 Å². The Kier molecular flexibility index (Phi) is 7.46. The van der Waals surface area contributed by atoms with E-state index in [1.54, 1.807) is 0 Å². The summed E-state index contributed by atoms with van der Waals surface area (Å²) >= 11 is 0. The highest BCUT2D eigenvalue weighted by atomic mass is 19.3. The zero-order valence-corrected chi connectivity index (χ0v) is 19.9. The Morgan fingerprint density at radius 1 is 1.09 bits per heavy atom. The Morgan fingerprint density at radius 3 is 2.63 bits per heavy atom. The third-order valence-electron chi connectivity index (χ3n) is 8.24. The molecule has 4 aliphatic rings. The Hall–Kier alpha value is -1.97. The first-order valence-corrected chi connectivity index (χ1v) is 12.9. The van der Waals surface area contributed by atoms with Gasteiger partial charge in [-0.25, -0.2) is 13.2 Å². The van der Waals surface area contributed by atoms with Gasteiger partial charge < -0.3 is 10.1 Å². The van der Waals surface area contributed by atoms with E-state index < -0.39 is 18.4 Å². The molecule has 1 aliphatic carbocycles. The van der Waals surface area contributed by atoms with Crippen LogP contribution in [0.2, 0.25) is 0 Å². The molecule has 0 aromatic heterocycles. The van der Waals surface area contributed by atoms with Gasteiger partial charge in [0.15, 0.2) is 0 Å². The molecule has 3 fully saturated rings. The molecule has 2 saturated heterocycles. The Morgan fingerprint density at radius 2 is 1.89 bits per heavy atom. The lowest BCUT2D eigenvalue weighted by Crippen LogP contribution is -2.50. The predicted molar refractivity (Wildman–Crippen MR) is 123 cm³/mol. The van der Waals surface area contributed by atoms with Crippen LogP contribution in [0.15, 0.2) is 12.1 Å². The summed E-state index contributed by atoms with van der Waals surface area (Å²) in [6.07, 6.45) is 3.19. The lowest BCUT2D eigenvalue weighted by atomic mass is 9.85. The summed E-state index contributed by atoms with van der Waals surface area (Å²) in [6.45, 7) is 1.48. The number of hydrogen-bond donors (Lipinski definition) is 2. The average molecular weight is 494 g/mol. The van der Waals surface area contributed by atoms with Gasteiger partial charge in [0, 0.05) is 56.1 Å². The molecule has 9 heteroatoms. The predicted octanol–water partition coefficient (Wildman–Crippen LogP) is 3.45.